The fourth-order valence-corrected chi connectivity index (χ4v) is 4.77. The van der Waals surface area contributed by atoms with Crippen molar-refractivity contribution >= 4 is 17.7 Å². The third-order valence-electron chi connectivity index (χ3n) is 6.65. The van der Waals surface area contributed by atoms with Gasteiger partial charge >= 0.3 is 12.1 Å². The normalized spacial score (nSPS) is 15.0. The molecule has 36 heavy (non-hydrogen) atoms. The average Bonchev–Trinajstić information content (AvgIpc) is 3.40. The molecule has 2 aromatic carbocycles. The first-order valence-corrected chi connectivity index (χ1v) is 11.8. The molecule has 2 heterocycles. The molecule has 1 saturated heterocycles. The fraction of sp³-hybridized carbons (Fsp3) is 0.346. The molecule has 1 fully saturated rings. The molecule has 1 aliphatic heterocycles. The number of carbonyl (C=O) groups is 2. The number of carbonyl (C=O) groups excluding carboxylic acids is 2. The number of rotatable bonds is 7. The minimum absolute atomic E-state index is 0.0601. The Bertz CT molecular complexity index is 1190. The van der Waals surface area contributed by atoms with Gasteiger partial charge in [0.15, 0.2) is 0 Å². The second-order valence-corrected chi connectivity index (χ2v) is 8.70. The first kappa shape index (κ1) is 25.4. The van der Waals surface area contributed by atoms with Crippen LogP contribution < -0.4 is 11.1 Å². The molecule has 1 aliphatic rings. The Morgan fingerprint density at radius 1 is 1.08 bits per heavy atom. The lowest BCUT2D eigenvalue weighted by molar-refractivity contribution is -0.311. The van der Waals surface area contributed by atoms with Crippen LogP contribution in [-0.4, -0.2) is 71.8 Å². The predicted octanol–water partition coefficient (Wildman–Crippen LogP) is 3.51. The Morgan fingerprint density at radius 3 is 2.42 bits per heavy atom. The molecular formula is C26H32N6O4. The van der Waals surface area contributed by atoms with Crippen LogP contribution >= 0.6 is 0 Å². The highest BCUT2D eigenvalue weighted by molar-refractivity contribution is 5.88. The highest BCUT2D eigenvalue weighted by Gasteiger charge is 2.42. The lowest BCUT2D eigenvalue weighted by atomic mass is 10.0. The maximum absolute atomic E-state index is 13.2. The zero-order valence-corrected chi connectivity index (χ0v) is 20.8. The summed E-state index contributed by atoms with van der Waals surface area (Å²) in [6.45, 7) is 1.40. The number of piperidine rings is 1. The number of amides is 3. The van der Waals surface area contributed by atoms with Crippen molar-refractivity contribution in [2.24, 2.45) is 5.73 Å². The summed E-state index contributed by atoms with van der Waals surface area (Å²) in [4.78, 5) is 32.7. The van der Waals surface area contributed by atoms with E-state index in [4.69, 9.17) is 15.2 Å². The standard InChI is InChI=1S/C26H32N6O4/c1-30(22-12-14-32(15-13-22)26(35-2,36-3)20-9-5-4-6-10-20)25(34)31-17-23(28-18-31)19-8-7-11-21(16-19)29-24(27)33/h4-11,16-18,22H,12-15H2,1-3H3,(H3,27,29,33). The number of methoxy groups -OCH3 is 2. The minimum atomic E-state index is -0.966. The van der Waals surface area contributed by atoms with E-state index in [1.807, 2.05) is 43.4 Å². The number of nitrogens with one attached hydrogen (secondary N) is 1. The first-order valence-electron chi connectivity index (χ1n) is 11.8. The summed E-state index contributed by atoms with van der Waals surface area (Å²) in [5.74, 6) is -0.966. The van der Waals surface area contributed by atoms with Gasteiger partial charge in [0.05, 0.1) is 5.69 Å². The SMILES string of the molecule is COC(OC)(c1ccccc1)N1CCC(N(C)C(=O)n2cnc(-c3cccc(NC(N)=O)c3)c2)CC1. The van der Waals surface area contributed by atoms with Crippen molar-refractivity contribution in [3.63, 3.8) is 0 Å². The van der Waals surface area contributed by atoms with Gasteiger partial charge in [0, 0.05) is 63.4 Å². The number of hydrogen-bond acceptors (Lipinski definition) is 6. The summed E-state index contributed by atoms with van der Waals surface area (Å²) in [6, 6.07) is 16.3. The van der Waals surface area contributed by atoms with Gasteiger partial charge in [-0.1, -0.05) is 42.5 Å². The second kappa shape index (κ2) is 10.9. The van der Waals surface area contributed by atoms with Crippen LogP contribution in [0.5, 0.6) is 0 Å². The molecule has 4 rings (SSSR count). The van der Waals surface area contributed by atoms with E-state index in [-0.39, 0.29) is 12.1 Å². The van der Waals surface area contributed by atoms with Crippen LogP contribution in [0, 0.1) is 0 Å². The van der Waals surface area contributed by atoms with E-state index in [0.717, 1.165) is 24.0 Å². The van der Waals surface area contributed by atoms with E-state index >= 15 is 0 Å². The first-order chi connectivity index (χ1) is 17.4. The van der Waals surface area contributed by atoms with Crippen LogP contribution in [0.4, 0.5) is 15.3 Å². The third-order valence-corrected chi connectivity index (χ3v) is 6.65. The van der Waals surface area contributed by atoms with Crippen molar-refractivity contribution in [1.29, 1.82) is 0 Å². The van der Waals surface area contributed by atoms with Crippen LogP contribution in [-0.2, 0) is 15.4 Å². The number of imidazole rings is 1. The van der Waals surface area contributed by atoms with Gasteiger partial charge < -0.3 is 25.4 Å². The zero-order chi connectivity index (χ0) is 25.7. The molecule has 10 heteroatoms. The van der Waals surface area contributed by atoms with E-state index in [1.165, 1.54) is 10.9 Å². The van der Waals surface area contributed by atoms with Crippen molar-refractivity contribution in [1.82, 2.24) is 19.4 Å². The quantitative estimate of drug-likeness (QED) is 0.488. The smallest absolute Gasteiger partial charge is 0.329 e. The van der Waals surface area contributed by atoms with Gasteiger partial charge in [-0.2, -0.15) is 0 Å². The van der Waals surface area contributed by atoms with Crippen LogP contribution in [0.3, 0.4) is 0 Å². The van der Waals surface area contributed by atoms with Gasteiger partial charge in [-0.3, -0.25) is 4.57 Å². The fourth-order valence-electron chi connectivity index (χ4n) is 4.77. The Labute approximate surface area is 210 Å². The second-order valence-electron chi connectivity index (χ2n) is 8.70. The molecule has 3 aromatic rings. The molecule has 0 radical (unpaired) electrons. The molecule has 3 N–H and O–H groups in total. The summed E-state index contributed by atoms with van der Waals surface area (Å²) in [5.41, 5.74) is 8.07. The summed E-state index contributed by atoms with van der Waals surface area (Å²) in [5, 5.41) is 2.55. The van der Waals surface area contributed by atoms with Crippen molar-refractivity contribution < 1.29 is 19.1 Å². The number of ether oxygens (including phenoxy) is 2. The summed E-state index contributed by atoms with van der Waals surface area (Å²) in [7, 11) is 5.11. The molecule has 1 aromatic heterocycles. The number of likely N-dealkylation sites (tertiary alicyclic amines) is 1. The molecular weight excluding hydrogens is 460 g/mol. The zero-order valence-electron chi connectivity index (χ0n) is 20.8. The Hall–Kier alpha value is -3.73. The topological polar surface area (TPSA) is 115 Å². The van der Waals surface area contributed by atoms with Crippen molar-refractivity contribution in [3.8, 4) is 11.3 Å². The molecule has 3 amide bonds. The number of nitrogens with zero attached hydrogens (tertiary/aromatic N) is 4. The molecule has 10 nitrogen and oxygen atoms in total. The van der Waals surface area contributed by atoms with Gasteiger partial charge in [0.2, 0.25) is 0 Å². The highest BCUT2D eigenvalue weighted by Crippen LogP contribution is 2.33. The Balaban J connectivity index is 1.42. The molecule has 0 aliphatic carbocycles. The summed E-state index contributed by atoms with van der Waals surface area (Å²) in [6.07, 6.45) is 4.74. The number of nitrogens with two attached hydrogens (primary N) is 1. The molecule has 0 unspecified atom stereocenters. The van der Waals surface area contributed by atoms with Crippen LogP contribution in [0.2, 0.25) is 0 Å². The van der Waals surface area contributed by atoms with Crippen LogP contribution in [0.25, 0.3) is 11.3 Å². The monoisotopic (exact) mass is 492 g/mol. The number of anilines is 1. The van der Waals surface area contributed by atoms with Gasteiger partial charge in [-0.25, -0.2) is 19.5 Å². The largest absolute Gasteiger partial charge is 0.351 e. The summed E-state index contributed by atoms with van der Waals surface area (Å²) >= 11 is 0. The average molecular weight is 493 g/mol. The predicted molar refractivity (Wildman–Crippen MR) is 136 cm³/mol. The lowest BCUT2D eigenvalue weighted by Crippen LogP contribution is -2.55. The van der Waals surface area contributed by atoms with Crippen molar-refractivity contribution in [3.05, 3.63) is 72.7 Å². The maximum atomic E-state index is 13.2. The third kappa shape index (κ3) is 5.11. The molecule has 0 saturated carbocycles. The van der Waals surface area contributed by atoms with Gasteiger partial charge in [-0.05, 0) is 25.0 Å². The number of aromatic nitrogens is 2. The van der Waals surface area contributed by atoms with Crippen molar-refractivity contribution in [2.75, 3.05) is 39.7 Å². The number of benzene rings is 2. The van der Waals surface area contributed by atoms with Gasteiger partial charge in [0.1, 0.15) is 6.33 Å². The van der Waals surface area contributed by atoms with Crippen LogP contribution in [0.1, 0.15) is 18.4 Å². The molecule has 190 valence electrons. The van der Waals surface area contributed by atoms with E-state index in [1.54, 1.807) is 43.5 Å². The lowest BCUT2D eigenvalue weighted by Gasteiger charge is -2.45. The summed E-state index contributed by atoms with van der Waals surface area (Å²) < 4.78 is 13.2. The van der Waals surface area contributed by atoms with Crippen LogP contribution in [0.15, 0.2) is 67.1 Å². The van der Waals surface area contributed by atoms with E-state index in [2.05, 4.69) is 15.2 Å². The van der Waals surface area contributed by atoms with Crippen molar-refractivity contribution in [2.45, 2.75) is 24.8 Å². The Morgan fingerprint density at radius 2 is 1.78 bits per heavy atom. The van der Waals surface area contributed by atoms with E-state index < -0.39 is 11.9 Å². The number of primary amides is 1. The number of hydrogen-bond donors (Lipinski definition) is 2. The number of urea groups is 1. The molecule has 0 atom stereocenters. The highest BCUT2D eigenvalue weighted by atomic mass is 16.7. The molecule has 0 spiro atoms. The van der Waals surface area contributed by atoms with E-state index in [9.17, 15) is 9.59 Å². The maximum Gasteiger partial charge on any atom is 0.329 e. The van der Waals surface area contributed by atoms with E-state index in [0.29, 0.717) is 24.5 Å². The minimum Gasteiger partial charge on any atom is -0.351 e. The van der Waals surface area contributed by atoms with Gasteiger partial charge in [0.25, 0.3) is 5.91 Å². The molecule has 0 bridgehead atoms. The van der Waals surface area contributed by atoms with Gasteiger partial charge in [-0.15, -0.1) is 0 Å². The Kier molecular flexibility index (Phi) is 7.68.